The van der Waals surface area contributed by atoms with Gasteiger partial charge in [-0.3, -0.25) is 9.78 Å². The second-order valence-corrected chi connectivity index (χ2v) is 8.66. The minimum Gasteiger partial charge on any atom is -0.352 e. The fourth-order valence-corrected chi connectivity index (χ4v) is 4.91. The van der Waals surface area contributed by atoms with Crippen molar-refractivity contribution in [1.82, 2.24) is 24.2 Å². The zero-order valence-corrected chi connectivity index (χ0v) is 16.6. The van der Waals surface area contributed by atoms with Crippen LogP contribution in [0.3, 0.4) is 0 Å². The SMILES string of the molecule is CC(=O)NCc1cnc([C@@H]2CCCN2S(=O)(=O)c2cn(C)cn2)cc1C(F)(F)F. The molecule has 0 aromatic carbocycles. The smallest absolute Gasteiger partial charge is 0.352 e. The standard InChI is InChI=1S/C17H20F3N5O3S/c1-11(26)21-7-12-8-22-14(6-13(12)17(18,19)20)15-4-3-5-25(15)29(27,28)16-9-24(2)10-23-16/h6,8-10,15H,3-5,7H2,1-2H3,(H,21,26)/t15-/m0/s1. The van der Waals surface area contributed by atoms with Gasteiger partial charge in [0.15, 0.2) is 5.03 Å². The van der Waals surface area contributed by atoms with Crippen LogP contribution in [-0.2, 0) is 34.6 Å². The summed E-state index contributed by atoms with van der Waals surface area (Å²) in [5, 5.41) is 2.16. The van der Waals surface area contributed by atoms with Crippen LogP contribution in [-0.4, -0.2) is 39.7 Å². The Hall–Kier alpha value is -2.47. The van der Waals surface area contributed by atoms with E-state index in [0.29, 0.717) is 12.8 Å². The first kappa shape index (κ1) is 21.2. The molecule has 1 fully saturated rings. The van der Waals surface area contributed by atoms with Crippen molar-refractivity contribution in [2.24, 2.45) is 7.05 Å². The quantitative estimate of drug-likeness (QED) is 0.781. The number of pyridine rings is 1. The Morgan fingerprint density at radius 1 is 1.34 bits per heavy atom. The average molecular weight is 431 g/mol. The van der Waals surface area contributed by atoms with Gasteiger partial charge in [0.05, 0.1) is 23.6 Å². The molecule has 3 heterocycles. The van der Waals surface area contributed by atoms with Crippen LogP contribution >= 0.6 is 0 Å². The number of imidazole rings is 1. The Kier molecular flexibility index (Phi) is 5.68. The maximum Gasteiger partial charge on any atom is 0.416 e. The van der Waals surface area contributed by atoms with Gasteiger partial charge in [-0.05, 0) is 18.9 Å². The molecular weight excluding hydrogens is 411 g/mol. The Labute approximate surface area is 165 Å². The summed E-state index contributed by atoms with van der Waals surface area (Å²) in [7, 11) is -2.35. The molecule has 12 heteroatoms. The lowest BCUT2D eigenvalue weighted by atomic mass is 10.0. The van der Waals surface area contributed by atoms with Crippen molar-refractivity contribution in [3.05, 3.63) is 41.6 Å². The van der Waals surface area contributed by atoms with E-state index in [0.717, 1.165) is 16.6 Å². The average Bonchev–Trinajstić information content (AvgIpc) is 3.28. The molecule has 158 valence electrons. The highest BCUT2D eigenvalue weighted by Gasteiger charge is 2.40. The number of alkyl halides is 3. The molecule has 0 unspecified atom stereocenters. The van der Waals surface area contributed by atoms with Gasteiger partial charge in [-0.25, -0.2) is 13.4 Å². The molecule has 1 aliphatic rings. The van der Waals surface area contributed by atoms with Crippen molar-refractivity contribution >= 4 is 15.9 Å². The Morgan fingerprint density at radius 3 is 2.66 bits per heavy atom. The van der Waals surface area contributed by atoms with Crippen LogP contribution < -0.4 is 5.32 Å². The molecule has 29 heavy (non-hydrogen) atoms. The minimum absolute atomic E-state index is 0.0147. The number of aromatic nitrogens is 3. The lowest BCUT2D eigenvalue weighted by Gasteiger charge is -2.24. The van der Waals surface area contributed by atoms with Gasteiger partial charge in [-0.2, -0.15) is 17.5 Å². The molecule has 0 saturated carbocycles. The molecule has 2 aromatic heterocycles. The number of amides is 1. The summed E-state index contributed by atoms with van der Waals surface area (Å²) < 4.78 is 69.1. The van der Waals surface area contributed by atoms with Gasteiger partial charge in [0.2, 0.25) is 5.91 Å². The molecule has 0 radical (unpaired) electrons. The summed E-state index contributed by atoms with van der Waals surface area (Å²) in [6.45, 7) is 1.05. The molecule has 1 N–H and O–H groups in total. The molecule has 0 bridgehead atoms. The summed E-state index contributed by atoms with van der Waals surface area (Å²) >= 11 is 0. The number of rotatable bonds is 5. The van der Waals surface area contributed by atoms with E-state index in [1.807, 2.05) is 0 Å². The van der Waals surface area contributed by atoms with E-state index in [9.17, 15) is 26.4 Å². The van der Waals surface area contributed by atoms with Gasteiger partial charge in [0.1, 0.15) is 0 Å². The van der Waals surface area contributed by atoms with Crippen LogP contribution in [0.5, 0.6) is 0 Å². The number of nitrogens with zero attached hydrogens (tertiary/aromatic N) is 4. The van der Waals surface area contributed by atoms with Crippen LogP contribution in [0.1, 0.15) is 42.6 Å². The number of sulfonamides is 1. The van der Waals surface area contributed by atoms with Gasteiger partial charge >= 0.3 is 6.18 Å². The number of carbonyl (C=O) groups is 1. The van der Waals surface area contributed by atoms with E-state index >= 15 is 0 Å². The summed E-state index contributed by atoms with van der Waals surface area (Å²) in [6, 6.07) is 0.0478. The van der Waals surface area contributed by atoms with Crippen LogP contribution in [0.15, 0.2) is 29.8 Å². The van der Waals surface area contributed by atoms with Crippen molar-refractivity contribution in [3.63, 3.8) is 0 Å². The monoisotopic (exact) mass is 431 g/mol. The van der Waals surface area contributed by atoms with Crippen LogP contribution in [0, 0.1) is 0 Å². The first-order valence-electron chi connectivity index (χ1n) is 8.80. The highest BCUT2D eigenvalue weighted by Crippen LogP contribution is 2.38. The number of hydrogen-bond donors (Lipinski definition) is 1. The Bertz CT molecular complexity index is 1020. The van der Waals surface area contributed by atoms with Crippen LogP contribution in [0.25, 0.3) is 0 Å². The predicted molar refractivity (Wildman–Crippen MR) is 95.8 cm³/mol. The van der Waals surface area contributed by atoms with Crippen LogP contribution in [0.4, 0.5) is 13.2 Å². The van der Waals surface area contributed by atoms with E-state index in [1.165, 1.54) is 24.0 Å². The number of carbonyl (C=O) groups excluding carboxylic acids is 1. The van der Waals surface area contributed by atoms with E-state index < -0.39 is 33.7 Å². The third-order valence-electron chi connectivity index (χ3n) is 4.64. The Balaban J connectivity index is 1.97. The number of hydrogen-bond acceptors (Lipinski definition) is 5. The first-order valence-corrected chi connectivity index (χ1v) is 10.2. The highest BCUT2D eigenvalue weighted by atomic mass is 32.2. The fraction of sp³-hybridized carbons (Fsp3) is 0.471. The van der Waals surface area contributed by atoms with Crippen molar-refractivity contribution < 1.29 is 26.4 Å². The summed E-state index contributed by atoms with van der Waals surface area (Å²) in [6.07, 6.45) is -0.105. The van der Waals surface area contributed by atoms with Crippen molar-refractivity contribution in [3.8, 4) is 0 Å². The van der Waals surface area contributed by atoms with Crippen molar-refractivity contribution in [2.45, 2.75) is 43.6 Å². The molecule has 0 spiro atoms. The van der Waals surface area contributed by atoms with Crippen molar-refractivity contribution in [2.75, 3.05) is 6.54 Å². The van der Waals surface area contributed by atoms with Crippen molar-refractivity contribution in [1.29, 1.82) is 0 Å². The molecule has 1 amide bonds. The molecule has 3 rings (SSSR count). The second-order valence-electron chi connectivity index (χ2n) is 6.82. The third kappa shape index (κ3) is 4.42. The maximum atomic E-state index is 13.6. The number of nitrogens with one attached hydrogen (secondary N) is 1. The van der Waals surface area contributed by atoms with E-state index in [4.69, 9.17) is 0 Å². The molecule has 1 saturated heterocycles. The van der Waals surface area contributed by atoms with Crippen LogP contribution in [0.2, 0.25) is 0 Å². The molecule has 8 nitrogen and oxygen atoms in total. The molecule has 0 aliphatic carbocycles. The maximum absolute atomic E-state index is 13.6. The normalized spacial score (nSPS) is 18.2. The number of aryl methyl sites for hydroxylation is 1. The molecule has 2 aromatic rings. The minimum atomic E-state index is -4.67. The van der Waals surface area contributed by atoms with E-state index in [2.05, 4.69) is 15.3 Å². The van der Waals surface area contributed by atoms with Gasteiger partial charge < -0.3 is 9.88 Å². The van der Waals surface area contributed by atoms with E-state index in [-0.39, 0.29) is 29.4 Å². The summed E-state index contributed by atoms with van der Waals surface area (Å²) in [4.78, 5) is 19.0. The zero-order chi connectivity index (χ0) is 21.4. The van der Waals surface area contributed by atoms with Gasteiger partial charge in [0.25, 0.3) is 10.0 Å². The fourth-order valence-electron chi connectivity index (χ4n) is 3.27. The highest BCUT2D eigenvalue weighted by molar-refractivity contribution is 7.89. The summed E-state index contributed by atoms with van der Waals surface area (Å²) in [5.74, 6) is -0.467. The first-order chi connectivity index (χ1) is 13.5. The lowest BCUT2D eigenvalue weighted by molar-refractivity contribution is -0.138. The topological polar surface area (TPSA) is 97.2 Å². The molecule has 1 atom stereocenters. The molecular formula is C17H20F3N5O3S. The van der Waals surface area contributed by atoms with Gasteiger partial charge in [0, 0.05) is 45.0 Å². The summed E-state index contributed by atoms with van der Waals surface area (Å²) in [5.41, 5.74) is -1.12. The van der Waals surface area contributed by atoms with E-state index in [1.54, 1.807) is 7.05 Å². The Morgan fingerprint density at radius 2 is 2.07 bits per heavy atom. The molecule has 1 aliphatic heterocycles. The largest absolute Gasteiger partial charge is 0.416 e. The number of halogens is 3. The van der Waals surface area contributed by atoms with Gasteiger partial charge in [-0.1, -0.05) is 0 Å². The third-order valence-corrected chi connectivity index (χ3v) is 6.43. The predicted octanol–water partition coefficient (Wildman–Crippen LogP) is 2.00. The van der Waals surface area contributed by atoms with Gasteiger partial charge in [-0.15, -0.1) is 0 Å². The zero-order valence-electron chi connectivity index (χ0n) is 15.8. The lowest BCUT2D eigenvalue weighted by Crippen LogP contribution is -2.31. The second kappa shape index (κ2) is 7.75.